The number of hydrogen-bond acceptors (Lipinski definition) is 11. The molecule has 0 rings (SSSR count). The second-order valence-corrected chi connectivity index (χ2v) is 8.33. The summed E-state index contributed by atoms with van der Waals surface area (Å²) in [6.07, 6.45) is -0.146. The quantitative estimate of drug-likeness (QED) is 0.308. The van der Waals surface area contributed by atoms with E-state index in [0.717, 1.165) is 0 Å². The Balaban J connectivity index is -0.000000474. The molecular weight excluding hydrogens is 456 g/mol. The van der Waals surface area contributed by atoms with Crippen molar-refractivity contribution >= 4 is 23.9 Å². The molecule has 0 heterocycles. The van der Waals surface area contributed by atoms with E-state index in [-0.39, 0.29) is 24.9 Å². The SMILES string of the molecule is COC(C)(C)C(=O)O.COCC(C)(CC(C)(O)C(=O)OC)C(=O)OC.COCC(C)C(=O)OC. The molecular formula is C22H42O12. The van der Waals surface area contributed by atoms with Crippen molar-refractivity contribution < 1.29 is 57.8 Å². The molecule has 0 saturated heterocycles. The highest BCUT2D eigenvalue weighted by Gasteiger charge is 2.45. The van der Waals surface area contributed by atoms with E-state index in [4.69, 9.17) is 14.6 Å². The minimum Gasteiger partial charge on any atom is -0.479 e. The van der Waals surface area contributed by atoms with Crippen LogP contribution in [0.1, 0.15) is 41.0 Å². The highest BCUT2D eigenvalue weighted by atomic mass is 16.5. The summed E-state index contributed by atoms with van der Waals surface area (Å²) in [4.78, 5) is 43.7. The summed E-state index contributed by atoms with van der Waals surface area (Å²) in [5, 5.41) is 18.3. The van der Waals surface area contributed by atoms with Gasteiger partial charge in [0.05, 0.1) is 45.9 Å². The molecule has 0 bridgehead atoms. The molecule has 0 radical (unpaired) electrons. The average molecular weight is 499 g/mol. The Morgan fingerprint density at radius 2 is 1.26 bits per heavy atom. The van der Waals surface area contributed by atoms with Gasteiger partial charge in [0.2, 0.25) is 0 Å². The Kier molecular flexibility index (Phi) is 18.4. The summed E-state index contributed by atoms with van der Waals surface area (Å²) >= 11 is 0. The fraction of sp³-hybridized carbons (Fsp3) is 0.818. The van der Waals surface area contributed by atoms with Gasteiger partial charge in [-0.1, -0.05) is 0 Å². The van der Waals surface area contributed by atoms with Gasteiger partial charge in [-0.15, -0.1) is 0 Å². The Hall–Kier alpha value is -2.28. The maximum absolute atomic E-state index is 11.6. The van der Waals surface area contributed by atoms with Crippen molar-refractivity contribution in [1.29, 1.82) is 0 Å². The summed E-state index contributed by atoms with van der Waals surface area (Å²) in [6.45, 7) is 8.05. The molecule has 0 aliphatic rings. The summed E-state index contributed by atoms with van der Waals surface area (Å²) in [5.41, 5.74) is -3.92. The van der Waals surface area contributed by atoms with E-state index in [1.807, 2.05) is 0 Å². The first-order chi connectivity index (χ1) is 15.5. The smallest absolute Gasteiger partial charge is 0.337 e. The third-order valence-corrected chi connectivity index (χ3v) is 4.55. The molecule has 0 aromatic rings. The topological polar surface area (TPSA) is 164 Å². The number of carbonyl (C=O) groups excluding carboxylic acids is 3. The largest absolute Gasteiger partial charge is 0.479 e. The van der Waals surface area contributed by atoms with Crippen LogP contribution in [0.15, 0.2) is 0 Å². The predicted octanol–water partition coefficient (Wildman–Crippen LogP) is 1.06. The molecule has 0 amide bonds. The van der Waals surface area contributed by atoms with E-state index in [2.05, 4.69) is 18.9 Å². The van der Waals surface area contributed by atoms with Crippen LogP contribution in [-0.4, -0.2) is 101 Å². The lowest BCUT2D eigenvalue weighted by Crippen LogP contribution is -2.46. The van der Waals surface area contributed by atoms with Crippen molar-refractivity contribution in [1.82, 2.24) is 0 Å². The van der Waals surface area contributed by atoms with Crippen LogP contribution >= 0.6 is 0 Å². The Morgan fingerprint density at radius 1 is 0.794 bits per heavy atom. The van der Waals surface area contributed by atoms with Crippen LogP contribution in [0, 0.1) is 11.3 Å². The van der Waals surface area contributed by atoms with Crippen molar-refractivity contribution in [2.24, 2.45) is 11.3 Å². The number of rotatable bonds is 11. The van der Waals surface area contributed by atoms with E-state index in [9.17, 15) is 24.3 Å². The van der Waals surface area contributed by atoms with Gasteiger partial charge in [0, 0.05) is 27.8 Å². The molecule has 12 nitrogen and oxygen atoms in total. The van der Waals surface area contributed by atoms with Crippen molar-refractivity contribution in [3.05, 3.63) is 0 Å². The zero-order valence-corrected chi connectivity index (χ0v) is 22.2. The number of esters is 3. The van der Waals surface area contributed by atoms with E-state index in [1.54, 1.807) is 21.0 Å². The lowest BCUT2D eigenvalue weighted by molar-refractivity contribution is -0.171. The van der Waals surface area contributed by atoms with Crippen LogP contribution in [-0.2, 0) is 47.6 Å². The van der Waals surface area contributed by atoms with Crippen LogP contribution in [0.2, 0.25) is 0 Å². The van der Waals surface area contributed by atoms with Gasteiger partial charge in [-0.2, -0.15) is 0 Å². The lowest BCUT2D eigenvalue weighted by atomic mass is 9.80. The zero-order valence-electron chi connectivity index (χ0n) is 22.2. The second kappa shape index (κ2) is 17.2. The molecule has 0 fully saturated rings. The number of methoxy groups -OCH3 is 6. The number of aliphatic carboxylic acids is 1. The van der Waals surface area contributed by atoms with Crippen LogP contribution in [0.4, 0.5) is 0 Å². The Bertz CT molecular complexity index is 629. The van der Waals surface area contributed by atoms with E-state index in [0.29, 0.717) is 6.61 Å². The first kappa shape index (κ1) is 36.3. The van der Waals surface area contributed by atoms with Crippen LogP contribution in [0.5, 0.6) is 0 Å². The van der Waals surface area contributed by atoms with Gasteiger partial charge in [-0.3, -0.25) is 9.59 Å². The van der Waals surface area contributed by atoms with Gasteiger partial charge < -0.3 is 38.6 Å². The van der Waals surface area contributed by atoms with Gasteiger partial charge >= 0.3 is 23.9 Å². The lowest BCUT2D eigenvalue weighted by Gasteiger charge is -2.32. The molecule has 3 unspecified atom stereocenters. The molecule has 202 valence electrons. The van der Waals surface area contributed by atoms with Gasteiger partial charge in [-0.05, 0) is 34.6 Å². The predicted molar refractivity (Wildman–Crippen MR) is 121 cm³/mol. The minimum absolute atomic E-state index is 0.0345. The molecule has 0 aromatic carbocycles. The van der Waals surface area contributed by atoms with Crippen LogP contribution in [0.3, 0.4) is 0 Å². The van der Waals surface area contributed by atoms with Crippen molar-refractivity contribution in [3.63, 3.8) is 0 Å². The van der Waals surface area contributed by atoms with E-state index < -0.39 is 34.5 Å². The molecule has 34 heavy (non-hydrogen) atoms. The fourth-order valence-electron chi connectivity index (χ4n) is 2.41. The maximum atomic E-state index is 11.6. The Labute approximate surface area is 201 Å². The molecule has 0 aliphatic carbocycles. The summed E-state index contributed by atoms with van der Waals surface area (Å²) < 4.78 is 27.8. The third kappa shape index (κ3) is 14.1. The first-order valence-electron chi connectivity index (χ1n) is 10.2. The highest BCUT2D eigenvalue weighted by Crippen LogP contribution is 2.31. The van der Waals surface area contributed by atoms with Gasteiger partial charge in [0.15, 0.2) is 11.2 Å². The number of aliphatic hydroxyl groups is 1. The maximum Gasteiger partial charge on any atom is 0.337 e. The number of carboxylic acid groups (broad SMARTS) is 1. The summed E-state index contributed by atoms with van der Waals surface area (Å²) in [6, 6.07) is 0. The standard InChI is InChI=1S/C11H20O6.C6H12O3.C5H10O3/c1-10(7-15-3,8(12)16-4)6-11(2,14)9(13)17-5;1-5(4-8-2)6(7)9-3;1-5(2,8-3)4(6)7/h14H,6-7H2,1-5H3;5H,4H2,1-3H3;1-3H3,(H,6,7). The Morgan fingerprint density at radius 3 is 1.53 bits per heavy atom. The molecule has 0 aliphatic heterocycles. The normalized spacial score (nSPS) is 14.9. The zero-order chi connectivity index (χ0) is 27.8. The van der Waals surface area contributed by atoms with Gasteiger partial charge in [0.25, 0.3) is 0 Å². The van der Waals surface area contributed by atoms with Gasteiger partial charge in [-0.25, -0.2) is 9.59 Å². The molecule has 2 N–H and O–H groups in total. The van der Waals surface area contributed by atoms with Crippen LogP contribution < -0.4 is 0 Å². The summed E-state index contributed by atoms with van der Waals surface area (Å²) in [7, 11) is 8.13. The van der Waals surface area contributed by atoms with Crippen molar-refractivity contribution in [2.75, 3.05) is 55.9 Å². The monoisotopic (exact) mass is 498 g/mol. The highest BCUT2D eigenvalue weighted by molar-refractivity contribution is 5.82. The minimum atomic E-state index is -1.77. The molecule has 0 aromatic heterocycles. The molecule has 12 heteroatoms. The van der Waals surface area contributed by atoms with Gasteiger partial charge in [0.1, 0.15) is 0 Å². The first-order valence-corrected chi connectivity index (χ1v) is 10.2. The van der Waals surface area contributed by atoms with Crippen LogP contribution in [0.25, 0.3) is 0 Å². The molecule has 3 atom stereocenters. The summed E-state index contributed by atoms with van der Waals surface area (Å²) in [5.74, 6) is -2.68. The third-order valence-electron chi connectivity index (χ3n) is 4.55. The van der Waals surface area contributed by atoms with E-state index >= 15 is 0 Å². The molecule has 0 spiro atoms. The number of carboxylic acids is 1. The van der Waals surface area contributed by atoms with Crippen molar-refractivity contribution in [2.45, 2.75) is 52.2 Å². The fourth-order valence-corrected chi connectivity index (χ4v) is 2.41. The van der Waals surface area contributed by atoms with E-state index in [1.165, 1.54) is 56.3 Å². The average Bonchev–Trinajstić information content (AvgIpc) is 2.77. The molecule has 0 saturated carbocycles. The number of hydrogen-bond donors (Lipinski definition) is 2. The number of ether oxygens (including phenoxy) is 6. The number of carbonyl (C=O) groups is 4. The van der Waals surface area contributed by atoms with Crippen molar-refractivity contribution in [3.8, 4) is 0 Å². The second-order valence-electron chi connectivity index (χ2n) is 8.33.